The maximum Gasteiger partial charge on any atom is 0.254 e. The summed E-state index contributed by atoms with van der Waals surface area (Å²) in [4.78, 5) is 18.3. The van der Waals surface area contributed by atoms with Crippen LogP contribution in [0.2, 0.25) is 0 Å². The van der Waals surface area contributed by atoms with Crippen LogP contribution in [0.1, 0.15) is 45.8 Å². The zero-order chi connectivity index (χ0) is 19.4. The molecule has 0 aromatic heterocycles. The van der Waals surface area contributed by atoms with E-state index in [1.807, 2.05) is 13.0 Å². The number of carbonyl (C=O) groups is 1. The zero-order valence-electron chi connectivity index (χ0n) is 16.6. The highest BCUT2D eigenvalue weighted by atomic mass is 16.3. The van der Waals surface area contributed by atoms with Crippen molar-refractivity contribution in [3.05, 3.63) is 64.7 Å². The van der Waals surface area contributed by atoms with Crippen LogP contribution in [0.25, 0.3) is 0 Å². The van der Waals surface area contributed by atoms with Crippen molar-refractivity contribution < 1.29 is 9.90 Å². The molecule has 2 aromatic rings. The summed E-state index contributed by atoms with van der Waals surface area (Å²) >= 11 is 0. The van der Waals surface area contributed by atoms with E-state index >= 15 is 0 Å². The van der Waals surface area contributed by atoms with Crippen molar-refractivity contribution in [1.29, 1.82) is 0 Å². The van der Waals surface area contributed by atoms with Crippen molar-refractivity contribution >= 4 is 5.91 Å². The summed E-state index contributed by atoms with van der Waals surface area (Å²) in [5.74, 6) is 1.33. The molecule has 4 fully saturated rings. The van der Waals surface area contributed by atoms with Crippen molar-refractivity contribution in [3.8, 4) is 5.75 Å². The molecular formula is C24H28N2O2. The average Bonchev–Trinajstić information content (AvgIpc) is 3.14. The molecule has 2 bridgehead atoms. The standard InChI is InChI=1S/C24H28N2O2/c1-15-3-5-17(6-4-15)20-14-26(22-18-9-11-25(12-10-18)23(20)22)24(28)19-7-8-21(27)16(2)13-19/h3-8,13,18,20,22-23,27H,9-12,14H2,1-2H3/t20-,22+,23+/m0/s1. The highest BCUT2D eigenvalue weighted by Crippen LogP contribution is 2.47. The monoisotopic (exact) mass is 376 g/mol. The molecule has 3 atom stereocenters. The van der Waals surface area contributed by atoms with Crippen molar-refractivity contribution in [3.63, 3.8) is 0 Å². The summed E-state index contributed by atoms with van der Waals surface area (Å²) in [5, 5.41) is 9.85. The van der Waals surface area contributed by atoms with Gasteiger partial charge in [0.25, 0.3) is 5.91 Å². The van der Waals surface area contributed by atoms with E-state index < -0.39 is 0 Å². The lowest BCUT2D eigenvalue weighted by molar-refractivity contribution is -0.00341. The number of phenolic OH excluding ortho intramolecular Hbond substituents is 1. The molecule has 0 radical (unpaired) electrons. The van der Waals surface area contributed by atoms with Gasteiger partial charge in [-0.15, -0.1) is 0 Å². The summed E-state index contributed by atoms with van der Waals surface area (Å²) < 4.78 is 0. The second-order valence-electron chi connectivity index (χ2n) is 8.83. The fraction of sp³-hybridized carbons (Fsp3) is 0.458. The zero-order valence-corrected chi connectivity index (χ0v) is 16.6. The normalized spacial score (nSPS) is 31.1. The minimum atomic E-state index is 0.112. The van der Waals surface area contributed by atoms with E-state index in [1.165, 1.54) is 24.0 Å². The minimum Gasteiger partial charge on any atom is -0.508 e. The lowest BCUT2D eigenvalue weighted by Gasteiger charge is -2.51. The van der Waals surface area contributed by atoms with E-state index in [0.717, 1.165) is 25.2 Å². The molecule has 4 aliphatic rings. The number of piperidine rings is 3. The predicted molar refractivity (Wildman–Crippen MR) is 110 cm³/mol. The van der Waals surface area contributed by atoms with E-state index in [9.17, 15) is 9.90 Å². The fourth-order valence-electron chi connectivity index (χ4n) is 5.72. The van der Waals surface area contributed by atoms with Crippen molar-refractivity contribution in [2.75, 3.05) is 19.6 Å². The van der Waals surface area contributed by atoms with Crippen LogP contribution < -0.4 is 0 Å². The summed E-state index contributed by atoms with van der Waals surface area (Å²) in [7, 11) is 0. The first kappa shape index (κ1) is 17.7. The van der Waals surface area contributed by atoms with Crippen LogP contribution in [0.3, 0.4) is 0 Å². The van der Waals surface area contributed by atoms with Crippen molar-refractivity contribution in [1.82, 2.24) is 9.80 Å². The number of aromatic hydroxyl groups is 1. The summed E-state index contributed by atoms with van der Waals surface area (Å²) in [6.45, 7) is 7.08. The molecule has 0 saturated carbocycles. The van der Waals surface area contributed by atoms with Crippen molar-refractivity contribution in [2.24, 2.45) is 5.92 Å². The van der Waals surface area contributed by atoms with Gasteiger partial charge in [-0.25, -0.2) is 0 Å². The van der Waals surface area contributed by atoms with Gasteiger partial charge >= 0.3 is 0 Å². The van der Waals surface area contributed by atoms with E-state index in [0.29, 0.717) is 29.5 Å². The second kappa shape index (κ2) is 6.63. The van der Waals surface area contributed by atoms with Crippen LogP contribution in [0.5, 0.6) is 5.75 Å². The highest BCUT2D eigenvalue weighted by Gasteiger charge is 2.54. The third-order valence-corrected chi connectivity index (χ3v) is 7.20. The van der Waals surface area contributed by atoms with Gasteiger partial charge in [-0.2, -0.15) is 0 Å². The Morgan fingerprint density at radius 1 is 1.00 bits per heavy atom. The first-order chi connectivity index (χ1) is 13.5. The Balaban J connectivity index is 1.52. The van der Waals surface area contributed by atoms with Crippen LogP contribution in [-0.2, 0) is 0 Å². The van der Waals surface area contributed by atoms with Crippen LogP contribution in [-0.4, -0.2) is 52.5 Å². The SMILES string of the molecule is Cc1ccc([C@@H]2CN(C(=O)c3ccc(O)c(C)c3)[C@@H]3C4CCN(CC4)[C@@H]32)cc1. The molecule has 0 aliphatic carbocycles. The van der Waals surface area contributed by atoms with Gasteiger partial charge in [0.15, 0.2) is 0 Å². The molecular weight excluding hydrogens is 348 g/mol. The van der Waals surface area contributed by atoms with Gasteiger partial charge < -0.3 is 10.0 Å². The molecule has 4 heterocycles. The number of benzene rings is 2. The summed E-state index contributed by atoms with van der Waals surface area (Å²) in [6, 6.07) is 14.8. The van der Waals surface area contributed by atoms with Gasteiger partial charge in [0.1, 0.15) is 5.75 Å². The smallest absolute Gasteiger partial charge is 0.254 e. The lowest BCUT2D eigenvalue weighted by Crippen LogP contribution is -2.60. The van der Waals surface area contributed by atoms with Gasteiger partial charge in [-0.1, -0.05) is 29.8 Å². The number of carbonyl (C=O) groups excluding carboxylic acids is 1. The molecule has 2 aromatic carbocycles. The summed E-state index contributed by atoms with van der Waals surface area (Å²) in [5.41, 5.74) is 4.07. The lowest BCUT2D eigenvalue weighted by atomic mass is 9.75. The Hall–Kier alpha value is -2.33. The molecule has 146 valence electrons. The molecule has 1 amide bonds. The number of nitrogens with zero attached hydrogens (tertiary/aromatic N) is 2. The Bertz CT molecular complexity index is 899. The van der Waals surface area contributed by atoms with E-state index in [-0.39, 0.29) is 11.7 Å². The van der Waals surface area contributed by atoms with Gasteiger partial charge in [-0.3, -0.25) is 9.69 Å². The number of hydrogen-bond donors (Lipinski definition) is 1. The molecule has 0 unspecified atom stereocenters. The van der Waals surface area contributed by atoms with Gasteiger partial charge in [0, 0.05) is 24.1 Å². The minimum absolute atomic E-state index is 0.112. The molecule has 4 saturated heterocycles. The molecule has 0 spiro atoms. The summed E-state index contributed by atoms with van der Waals surface area (Å²) in [6.07, 6.45) is 2.39. The molecule has 6 rings (SSSR count). The highest BCUT2D eigenvalue weighted by molar-refractivity contribution is 5.95. The van der Waals surface area contributed by atoms with Gasteiger partial charge in [-0.05, 0) is 75.0 Å². The molecule has 4 aliphatic heterocycles. The Kier molecular flexibility index (Phi) is 4.20. The number of rotatable bonds is 2. The van der Waals surface area contributed by atoms with Crippen LogP contribution in [0.4, 0.5) is 0 Å². The van der Waals surface area contributed by atoms with Gasteiger partial charge in [0.2, 0.25) is 0 Å². The van der Waals surface area contributed by atoms with Gasteiger partial charge in [0.05, 0.1) is 6.04 Å². The van der Waals surface area contributed by atoms with Crippen LogP contribution in [0.15, 0.2) is 42.5 Å². The molecule has 4 nitrogen and oxygen atoms in total. The number of amides is 1. The quantitative estimate of drug-likeness (QED) is 0.869. The number of likely N-dealkylation sites (tertiary alicyclic amines) is 1. The molecule has 1 N–H and O–H groups in total. The van der Waals surface area contributed by atoms with E-state index in [1.54, 1.807) is 12.1 Å². The topological polar surface area (TPSA) is 43.8 Å². The predicted octanol–water partition coefficient (Wildman–Crippen LogP) is 3.71. The van der Waals surface area contributed by atoms with Crippen LogP contribution in [0, 0.1) is 19.8 Å². The first-order valence-electron chi connectivity index (χ1n) is 10.4. The third kappa shape index (κ3) is 2.74. The van der Waals surface area contributed by atoms with Crippen LogP contribution >= 0.6 is 0 Å². The number of aryl methyl sites for hydroxylation is 2. The largest absolute Gasteiger partial charge is 0.508 e. The second-order valence-corrected chi connectivity index (χ2v) is 8.83. The average molecular weight is 377 g/mol. The molecule has 28 heavy (non-hydrogen) atoms. The van der Waals surface area contributed by atoms with Crippen molar-refractivity contribution in [2.45, 2.75) is 44.7 Å². The van der Waals surface area contributed by atoms with E-state index in [4.69, 9.17) is 0 Å². The number of fused-ring (bicyclic) bond motifs is 2. The van der Waals surface area contributed by atoms with E-state index in [2.05, 4.69) is 41.0 Å². The molecule has 4 heteroatoms. The third-order valence-electron chi connectivity index (χ3n) is 7.20. The first-order valence-corrected chi connectivity index (χ1v) is 10.4. The Morgan fingerprint density at radius 3 is 2.39 bits per heavy atom. The number of phenols is 1. The maximum atomic E-state index is 13.5. The fourth-order valence-corrected chi connectivity index (χ4v) is 5.72. The number of hydrogen-bond acceptors (Lipinski definition) is 3. The Labute approximate surface area is 166 Å². The Morgan fingerprint density at radius 2 is 1.71 bits per heavy atom. The maximum absolute atomic E-state index is 13.5.